The molecule has 158 valence electrons. The number of halogens is 1. The minimum absolute atomic E-state index is 0.524. The van der Waals surface area contributed by atoms with Crippen LogP contribution in [0.2, 0.25) is 0 Å². The van der Waals surface area contributed by atoms with Crippen LogP contribution in [0.3, 0.4) is 0 Å². The molecule has 1 aromatic carbocycles. The Morgan fingerprint density at radius 1 is 1.21 bits per heavy atom. The van der Waals surface area contributed by atoms with Gasteiger partial charge in [-0.3, -0.25) is 9.58 Å². The van der Waals surface area contributed by atoms with Crippen LogP contribution in [0.1, 0.15) is 12.8 Å². The molecule has 0 atom stereocenters. The largest absolute Gasteiger partial charge is 0.495 e. The zero-order valence-electron chi connectivity index (χ0n) is 17.3. The Balaban J connectivity index is 1.54. The summed E-state index contributed by atoms with van der Waals surface area (Å²) in [6.07, 6.45) is 4.85. The number of alkyl halides is 1. The highest BCUT2D eigenvalue weighted by atomic mass is 19.1. The first-order chi connectivity index (χ1) is 14.0. The van der Waals surface area contributed by atoms with Crippen molar-refractivity contribution in [1.29, 1.82) is 0 Å². The number of hydrogen-bond acceptors (Lipinski definition) is 6. The molecular weight excluding hydrogens is 371 g/mol. The van der Waals surface area contributed by atoms with E-state index >= 15 is 4.39 Å². The van der Waals surface area contributed by atoms with Gasteiger partial charge in [0.1, 0.15) is 11.4 Å². The number of nitrogens with one attached hydrogen (secondary N) is 1. The molecule has 4 rings (SSSR count). The molecular formula is C21H31FN6O. The standard InChI is InChI=1S/C21H31FN6O/c1-26-14-16(13-25-26)17-11-18(23)20(29-2)12-19(17)28-7-3-21(22,4-8-28)15-27-9-5-24-6-10-27/h11-14,24H,3-10,15,23H2,1-2H3. The van der Waals surface area contributed by atoms with Gasteiger partial charge in [0.25, 0.3) is 0 Å². The third kappa shape index (κ3) is 4.33. The average Bonchev–Trinajstić information content (AvgIpc) is 3.15. The van der Waals surface area contributed by atoms with E-state index in [1.54, 1.807) is 11.8 Å². The van der Waals surface area contributed by atoms with E-state index in [-0.39, 0.29) is 0 Å². The Kier molecular flexibility index (Phi) is 5.65. The smallest absolute Gasteiger partial charge is 0.143 e. The quantitative estimate of drug-likeness (QED) is 0.745. The molecule has 1 aromatic heterocycles. The number of benzene rings is 1. The second kappa shape index (κ2) is 8.20. The maximum atomic E-state index is 15.5. The Labute approximate surface area is 171 Å². The summed E-state index contributed by atoms with van der Waals surface area (Å²) in [5.41, 5.74) is 8.67. The number of aromatic nitrogens is 2. The number of piperazine rings is 1. The summed E-state index contributed by atoms with van der Waals surface area (Å²) in [6.45, 7) is 5.62. The van der Waals surface area contributed by atoms with Crippen molar-refractivity contribution in [3.8, 4) is 16.9 Å². The number of ether oxygens (including phenoxy) is 1. The number of nitrogen functional groups attached to an aromatic ring is 1. The van der Waals surface area contributed by atoms with E-state index in [9.17, 15) is 0 Å². The number of rotatable bonds is 5. The summed E-state index contributed by atoms with van der Waals surface area (Å²) < 4.78 is 22.8. The molecule has 0 spiro atoms. The van der Waals surface area contributed by atoms with Gasteiger partial charge in [0, 0.05) is 94.8 Å². The molecule has 3 heterocycles. The van der Waals surface area contributed by atoms with Gasteiger partial charge in [0.2, 0.25) is 0 Å². The molecule has 2 aliphatic rings. The second-order valence-corrected chi connectivity index (χ2v) is 8.18. The van der Waals surface area contributed by atoms with Crippen LogP contribution in [0.4, 0.5) is 15.8 Å². The highest BCUT2D eigenvalue weighted by Gasteiger charge is 2.37. The van der Waals surface area contributed by atoms with E-state index in [0.717, 1.165) is 43.0 Å². The summed E-state index contributed by atoms with van der Waals surface area (Å²) >= 11 is 0. The van der Waals surface area contributed by atoms with E-state index in [4.69, 9.17) is 10.5 Å². The zero-order chi connectivity index (χ0) is 20.4. The van der Waals surface area contributed by atoms with Crippen molar-refractivity contribution in [3.63, 3.8) is 0 Å². The fourth-order valence-corrected chi connectivity index (χ4v) is 4.39. The van der Waals surface area contributed by atoms with Crippen LogP contribution in [-0.4, -0.2) is 73.3 Å². The van der Waals surface area contributed by atoms with Crippen LogP contribution in [0.25, 0.3) is 11.1 Å². The van der Waals surface area contributed by atoms with Gasteiger partial charge < -0.3 is 20.7 Å². The lowest BCUT2D eigenvalue weighted by molar-refractivity contribution is 0.0621. The van der Waals surface area contributed by atoms with Gasteiger partial charge >= 0.3 is 0 Å². The SMILES string of the molecule is COc1cc(N2CCC(F)(CN3CCNCC3)CC2)c(-c2cnn(C)c2)cc1N. The molecule has 2 aromatic rings. The highest BCUT2D eigenvalue weighted by molar-refractivity contribution is 5.83. The molecule has 0 bridgehead atoms. The lowest BCUT2D eigenvalue weighted by Crippen LogP contribution is -2.52. The summed E-state index contributed by atoms with van der Waals surface area (Å²) in [4.78, 5) is 4.50. The number of nitrogens with zero attached hydrogens (tertiary/aromatic N) is 4. The average molecular weight is 403 g/mol. The number of anilines is 2. The Morgan fingerprint density at radius 3 is 2.55 bits per heavy atom. The predicted molar refractivity (Wildman–Crippen MR) is 114 cm³/mol. The summed E-state index contributed by atoms with van der Waals surface area (Å²) in [5.74, 6) is 0.644. The van der Waals surface area contributed by atoms with Gasteiger partial charge in [-0.1, -0.05) is 0 Å². The Hall–Kier alpha value is -2.32. The van der Waals surface area contributed by atoms with Gasteiger partial charge in [0.15, 0.2) is 0 Å². The maximum absolute atomic E-state index is 15.5. The number of methoxy groups -OCH3 is 1. The lowest BCUT2D eigenvalue weighted by atomic mass is 9.91. The number of piperidine rings is 1. The molecule has 0 radical (unpaired) electrons. The van der Waals surface area contributed by atoms with Crippen molar-refractivity contribution in [1.82, 2.24) is 20.0 Å². The molecule has 0 aliphatic carbocycles. The third-order valence-electron chi connectivity index (χ3n) is 6.08. The number of aryl methyl sites for hydroxylation is 1. The first kappa shape index (κ1) is 20.0. The molecule has 2 saturated heterocycles. The molecule has 8 heteroatoms. The Bertz CT molecular complexity index is 840. The van der Waals surface area contributed by atoms with E-state index in [0.29, 0.717) is 43.9 Å². The van der Waals surface area contributed by atoms with E-state index < -0.39 is 5.67 Å². The monoisotopic (exact) mass is 402 g/mol. The molecule has 2 fully saturated rings. The number of hydrogen-bond donors (Lipinski definition) is 2. The van der Waals surface area contributed by atoms with E-state index in [2.05, 4.69) is 20.2 Å². The minimum atomic E-state index is -1.12. The third-order valence-corrected chi connectivity index (χ3v) is 6.08. The fourth-order valence-electron chi connectivity index (χ4n) is 4.39. The van der Waals surface area contributed by atoms with Crippen LogP contribution >= 0.6 is 0 Å². The maximum Gasteiger partial charge on any atom is 0.143 e. The minimum Gasteiger partial charge on any atom is -0.495 e. The van der Waals surface area contributed by atoms with Gasteiger partial charge in [0.05, 0.1) is 19.0 Å². The predicted octanol–water partition coefficient (Wildman–Crippen LogP) is 1.89. The van der Waals surface area contributed by atoms with Crippen molar-refractivity contribution in [3.05, 3.63) is 24.5 Å². The molecule has 0 amide bonds. The van der Waals surface area contributed by atoms with Gasteiger partial charge in [-0.05, 0) is 6.07 Å². The van der Waals surface area contributed by atoms with Crippen LogP contribution in [0.5, 0.6) is 5.75 Å². The number of nitrogens with two attached hydrogens (primary N) is 1. The first-order valence-corrected chi connectivity index (χ1v) is 10.3. The lowest BCUT2D eigenvalue weighted by Gasteiger charge is -2.41. The van der Waals surface area contributed by atoms with Crippen molar-refractivity contribution in [2.45, 2.75) is 18.5 Å². The highest BCUT2D eigenvalue weighted by Crippen LogP contribution is 2.40. The van der Waals surface area contributed by atoms with Gasteiger partial charge in [-0.15, -0.1) is 0 Å². The molecule has 2 aliphatic heterocycles. The van der Waals surface area contributed by atoms with Crippen LogP contribution in [-0.2, 0) is 7.05 Å². The van der Waals surface area contributed by atoms with Crippen LogP contribution < -0.4 is 20.7 Å². The summed E-state index contributed by atoms with van der Waals surface area (Å²) in [7, 11) is 3.51. The van der Waals surface area contributed by atoms with E-state index in [1.165, 1.54) is 0 Å². The Morgan fingerprint density at radius 2 is 1.93 bits per heavy atom. The summed E-state index contributed by atoms with van der Waals surface area (Å²) in [5, 5.41) is 7.63. The van der Waals surface area contributed by atoms with Gasteiger partial charge in [-0.25, -0.2) is 4.39 Å². The fraction of sp³-hybridized carbons (Fsp3) is 0.571. The molecule has 0 unspecified atom stereocenters. The van der Waals surface area contributed by atoms with Crippen molar-refractivity contribution in [2.24, 2.45) is 7.05 Å². The second-order valence-electron chi connectivity index (χ2n) is 8.18. The molecule has 0 saturated carbocycles. The molecule has 3 N–H and O–H groups in total. The van der Waals surface area contributed by atoms with Crippen LogP contribution in [0, 0.1) is 0 Å². The van der Waals surface area contributed by atoms with Gasteiger partial charge in [-0.2, -0.15) is 5.10 Å². The van der Waals surface area contributed by atoms with E-state index in [1.807, 2.05) is 31.6 Å². The van der Waals surface area contributed by atoms with Crippen molar-refractivity contribution < 1.29 is 9.13 Å². The topological polar surface area (TPSA) is 71.6 Å². The van der Waals surface area contributed by atoms with Crippen molar-refractivity contribution >= 4 is 11.4 Å². The zero-order valence-corrected chi connectivity index (χ0v) is 17.3. The van der Waals surface area contributed by atoms with Crippen molar-refractivity contribution in [2.75, 3.05) is 63.6 Å². The normalized spacial score (nSPS) is 20.0. The molecule has 7 nitrogen and oxygen atoms in total. The summed E-state index contributed by atoms with van der Waals surface area (Å²) in [6, 6.07) is 3.91. The molecule has 29 heavy (non-hydrogen) atoms. The van der Waals surface area contributed by atoms with Crippen LogP contribution in [0.15, 0.2) is 24.5 Å². The first-order valence-electron chi connectivity index (χ1n) is 10.3.